The number of hydrogen-bond donors (Lipinski definition) is 1. The number of hydrogen-bond acceptors (Lipinski definition) is 2. The van der Waals surface area contributed by atoms with Crippen LogP contribution < -0.4 is 5.32 Å². The van der Waals surface area contributed by atoms with Crippen LogP contribution in [0, 0.1) is 5.92 Å². The first-order valence-electron chi connectivity index (χ1n) is 7.26. The van der Waals surface area contributed by atoms with E-state index in [2.05, 4.69) is 24.4 Å². The van der Waals surface area contributed by atoms with Crippen molar-refractivity contribution < 1.29 is 4.74 Å². The van der Waals surface area contributed by atoms with Crippen LogP contribution in [0.5, 0.6) is 0 Å². The first-order chi connectivity index (χ1) is 9.20. The van der Waals surface area contributed by atoms with Gasteiger partial charge in [0.15, 0.2) is 0 Å². The molecule has 1 saturated carbocycles. The lowest BCUT2D eigenvalue weighted by atomic mass is 9.87. The number of nitrogens with one attached hydrogen (secondary N) is 1. The second-order valence-electron chi connectivity index (χ2n) is 5.53. The summed E-state index contributed by atoms with van der Waals surface area (Å²) in [4.78, 5) is 0. The molecule has 19 heavy (non-hydrogen) atoms. The summed E-state index contributed by atoms with van der Waals surface area (Å²) in [5.41, 5.74) is 1.21. The quantitative estimate of drug-likeness (QED) is 0.873. The molecule has 0 heterocycles. The molecule has 0 aliphatic heterocycles. The fourth-order valence-electron chi connectivity index (χ4n) is 2.80. The van der Waals surface area contributed by atoms with Gasteiger partial charge in [-0.05, 0) is 43.5 Å². The number of ether oxygens (including phenoxy) is 1. The smallest absolute Gasteiger partial charge is 0.0953 e. The van der Waals surface area contributed by atoms with E-state index >= 15 is 0 Å². The monoisotopic (exact) mass is 281 g/mol. The van der Waals surface area contributed by atoms with Gasteiger partial charge in [-0.2, -0.15) is 0 Å². The Morgan fingerprint density at radius 1 is 1.26 bits per heavy atom. The van der Waals surface area contributed by atoms with Crippen molar-refractivity contribution in [2.75, 3.05) is 13.6 Å². The van der Waals surface area contributed by atoms with Gasteiger partial charge in [-0.1, -0.05) is 43.5 Å². The molecule has 106 valence electrons. The van der Waals surface area contributed by atoms with Crippen LogP contribution in [0.2, 0.25) is 5.02 Å². The maximum Gasteiger partial charge on any atom is 0.0953 e. The summed E-state index contributed by atoms with van der Waals surface area (Å²) in [6.07, 6.45) is 5.63. The molecule has 1 aliphatic rings. The minimum absolute atomic E-state index is 0.118. The minimum atomic E-state index is 0.118. The highest BCUT2D eigenvalue weighted by Crippen LogP contribution is 2.31. The third-order valence-electron chi connectivity index (χ3n) is 4.00. The first kappa shape index (κ1) is 14.8. The van der Waals surface area contributed by atoms with Crippen molar-refractivity contribution in [3.05, 3.63) is 34.9 Å². The van der Waals surface area contributed by atoms with Gasteiger partial charge < -0.3 is 10.1 Å². The molecule has 1 fully saturated rings. The summed E-state index contributed by atoms with van der Waals surface area (Å²) in [5, 5.41) is 4.00. The van der Waals surface area contributed by atoms with E-state index in [-0.39, 0.29) is 6.10 Å². The molecular weight excluding hydrogens is 258 g/mol. The van der Waals surface area contributed by atoms with E-state index in [9.17, 15) is 0 Å². The number of halogens is 1. The summed E-state index contributed by atoms with van der Waals surface area (Å²) in [5.74, 6) is 0.667. The van der Waals surface area contributed by atoms with Crippen molar-refractivity contribution in [2.45, 2.75) is 44.8 Å². The van der Waals surface area contributed by atoms with Gasteiger partial charge in [0.05, 0.1) is 12.2 Å². The van der Waals surface area contributed by atoms with Crippen molar-refractivity contribution in [2.24, 2.45) is 5.92 Å². The predicted octanol–water partition coefficient (Wildman–Crippen LogP) is 4.20. The van der Waals surface area contributed by atoms with E-state index in [0.29, 0.717) is 12.0 Å². The van der Waals surface area contributed by atoms with Crippen LogP contribution in [0.25, 0.3) is 0 Å². The molecule has 3 unspecified atom stereocenters. The van der Waals surface area contributed by atoms with E-state index in [1.54, 1.807) is 0 Å². The highest BCUT2D eigenvalue weighted by atomic mass is 35.5. The van der Waals surface area contributed by atoms with Gasteiger partial charge in [0.25, 0.3) is 0 Å². The van der Waals surface area contributed by atoms with Crippen molar-refractivity contribution in [1.82, 2.24) is 5.32 Å². The first-order valence-corrected chi connectivity index (χ1v) is 7.64. The second kappa shape index (κ2) is 7.28. The highest BCUT2D eigenvalue weighted by Gasteiger charge is 2.25. The van der Waals surface area contributed by atoms with Gasteiger partial charge in [-0.15, -0.1) is 0 Å². The molecule has 0 aromatic heterocycles. The molecule has 3 atom stereocenters. The van der Waals surface area contributed by atoms with Crippen molar-refractivity contribution in [3.8, 4) is 0 Å². The largest absolute Gasteiger partial charge is 0.369 e. The maximum absolute atomic E-state index is 6.36. The summed E-state index contributed by atoms with van der Waals surface area (Å²) >= 11 is 5.95. The van der Waals surface area contributed by atoms with Crippen LogP contribution in [0.3, 0.4) is 0 Å². The number of likely N-dealkylation sites (N-methyl/N-ethyl adjacent to an activating group) is 1. The normalized spacial score (nSPS) is 25.2. The Hall–Kier alpha value is -0.570. The lowest BCUT2D eigenvalue weighted by Crippen LogP contribution is -2.30. The van der Waals surface area contributed by atoms with E-state index in [4.69, 9.17) is 16.3 Å². The summed E-state index contributed by atoms with van der Waals surface area (Å²) in [7, 11) is 1.97. The van der Waals surface area contributed by atoms with Gasteiger partial charge in [-0.25, -0.2) is 0 Å². The molecule has 2 rings (SSSR count). The Labute approximate surface area is 121 Å². The van der Waals surface area contributed by atoms with E-state index < -0.39 is 0 Å². The molecule has 0 amide bonds. The molecule has 3 heteroatoms. The maximum atomic E-state index is 6.36. The molecule has 0 saturated heterocycles. The van der Waals surface area contributed by atoms with E-state index in [1.807, 2.05) is 19.2 Å². The van der Waals surface area contributed by atoms with Crippen molar-refractivity contribution in [3.63, 3.8) is 0 Å². The summed E-state index contributed by atoms with van der Waals surface area (Å²) in [6.45, 7) is 3.15. The third kappa shape index (κ3) is 4.20. The zero-order chi connectivity index (χ0) is 13.7. The minimum Gasteiger partial charge on any atom is -0.369 e. The van der Waals surface area contributed by atoms with Gasteiger partial charge in [-0.3, -0.25) is 0 Å². The Kier molecular flexibility index (Phi) is 5.68. The number of benzene rings is 1. The SMILES string of the molecule is CNCC(OC1CCCCC1C)c1ccc(Cl)cc1. The molecule has 0 spiro atoms. The molecule has 1 aromatic carbocycles. The molecule has 2 nitrogen and oxygen atoms in total. The molecular formula is C16H24ClNO. The van der Waals surface area contributed by atoms with Crippen LogP contribution in [-0.4, -0.2) is 19.7 Å². The average molecular weight is 282 g/mol. The van der Waals surface area contributed by atoms with E-state index in [0.717, 1.165) is 11.6 Å². The lowest BCUT2D eigenvalue weighted by molar-refractivity contribution is -0.0558. The summed E-state index contributed by atoms with van der Waals surface area (Å²) < 4.78 is 6.36. The van der Waals surface area contributed by atoms with Crippen molar-refractivity contribution >= 4 is 11.6 Å². The molecule has 1 aliphatic carbocycles. The average Bonchev–Trinajstić information content (AvgIpc) is 2.42. The molecule has 0 radical (unpaired) electrons. The molecule has 0 bridgehead atoms. The number of rotatable bonds is 5. The predicted molar refractivity (Wildman–Crippen MR) is 80.6 cm³/mol. The van der Waals surface area contributed by atoms with Crippen LogP contribution in [0.4, 0.5) is 0 Å². The molecule has 1 N–H and O–H groups in total. The fourth-order valence-corrected chi connectivity index (χ4v) is 2.93. The summed E-state index contributed by atoms with van der Waals surface area (Å²) in [6, 6.07) is 8.01. The zero-order valence-electron chi connectivity index (χ0n) is 11.9. The van der Waals surface area contributed by atoms with Crippen LogP contribution >= 0.6 is 11.6 Å². The fraction of sp³-hybridized carbons (Fsp3) is 0.625. The van der Waals surface area contributed by atoms with Gasteiger partial charge >= 0.3 is 0 Å². The topological polar surface area (TPSA) is 21.3 Å². The van der Waals surface area contributed by atoms with Crippen LogP contribution in [-0.2, 0) is 4.74 Å². The van der Waals surface area contributed by atoms with Crippen LogP contribution in [0.1, 0.15) is 44.3 Å². The Morgan fingerprint density at radius 2 is 1.95 bits per heavy atom. The van der Waals surface area contributed by atoms with Crippen LogP contribution in [0.15, 0.2) is 24.3 Å². The standard InChI is InChI=1S/C16H24ClNO/c1-12-5-3-4-6-15(12)19-16(11-18-2)13-7-9-14(17)10-8-13/h7-10,12,15-16,18H,3-6,11H2,1-2H3. The van der Waals surface area contributed by atoms with Gasteiger partial charge in [0.1, 0.15) is 0 Å². The zero-order valence-corrected chi connectivity index (χ0v) is 12.6. The van der Waals surface area contributed by atoms with E-state index in [1.165, 1.54) is 31.2 Å². The third-order valence-corrected chi connectivity index (χ3v) is 4.26. The van der Waals surface area contributed by atoms with Gasteiger partial charge in [0.2, 0.25) is 0 Å². The Morgan fingerprint density at radius 3 is 2.58 bits per heavy atom. The lowest BCUT2D eigenvalue weighted by Gasteiger charge is -2.32. The Balaban J connectivity index is 2.04. The van der Waals surface area contributed by atoms with Crippen molar-refractivity contribution in [1.29, 1.82) is 0 Å². The second-order valence-corrected chi connectivity index (χ2v) is 5.97. The van der Waals surface area contributed by atoms with Gasteiger partial charge in [0, 0.05) is 11.6 Å². The molecule has 1 aromatic rings. The highest BCUT2D eigenvalue weighted by molar-refractivity contribution is 6.30. The Bertz CT molecular complexity index is 379.